The van der Waals surface area contributed by atoms with E-state index in [0.29, 0.717) is 5.56 Å². The van der Waals surface area contributed by atoms with E-state index in [4.69, 9.17) is 5.73 Å². The zero-order valence-corrected chi connectivity index (χ0v) is 11.7. The summed E-state index contributed by atoms with van der Waals surface area (Å²) in [6.07, 6.45) is 3.39. The van der Waals surface area contributed by atoms with Crippen molar-refractivity contribution in [3.63, 3.8) is 0 Å². The number of nitrogens with two attached hydrogens (primary N) is 1. The molecule has 0 aliphatic heterocycles. The Labute approximate surface area is 127 Å². The molecule has 0 saturated heterocycles. The molecule has 3 aromatic rings. The number of amides is 1. The van der Waals surface area contributed by atoms with Crippen molar-refractivity contribution in [2.75, 3.05) is 0 Å². The third-order valence-corrected chi connectivity index (χ3v) is 4.20. The average molecular weight is 287 g/mol. The number of carbonyl (C=O) groups is 2. The Morgan fingerprint density at radius 2 is 1.55 bits per heavy atom. The molecular formula is C19H13NO2. The van der Waals surface area contributed by atoms with Crippen LogP contribution < -0.4 is 5.73 Å². The van der Waals surface area contributed by atoms with E-state index in [1.165, 1.54) is 0 Å². The Bertz CT molecular complexity index is 985. The fourth-order valence-corrected chi connectivity index (χ4v) is 3.04. The summed E-state index contributed by atoms with van der Waals surface area (Å²) >= 11 is 0. The Morgan fingerprint density at radius 3 is 2.18 bits per heavy atom. The highest BCUT2D eigenvalue weighted by Crippen LogP contribution is 2.30. The monoisotopic (exact) mass is 287 g/mol. The molecule has 0 fully saturated rings. The number of rotatable bonds is 1. The molecule has 106 valence electrons. The second-order valence-electron chi connectivity index (χ2n) is 5.59. The minimum absolute atomic E-state index is 0.222. The largest absolute Gasteiger partial charge is 0.369 e. The molecule has 0 aromatic heterocycles. The normalized spacial score (nSPS) is 16.9. The van der Waals surface area contributed by atoms with Crippen LogP contribution >= 0.6 is 0 Å². The van der Waals surface area contributed by atoms with Gasteiger partial charge in [0.05, 0.1) is 0 Å². The summed E-state index contributed by atoms with van der Waals surface area (Å²) in [4.78, 5) is 23.8. The molecule has 0 spiro atoms. The summed E-state index contributed by atoms with van der Waals surface area (Å²) in [7, 11) is 0. The fourth-order valence-electron chi connectivity index (χ4n) is 3.04. The summed E-state index contributed by atoms with van der Waals surface area (Å²) in [5, 5.41) is 4.35. The Kier molecular flexibility index (Phi) is 2.63. The van der Waals surface area contributed by atoms with Crippen LogP contribution in [0.5, 0.6) is 0 Å². The number of hydrogen-bond acceptors (Lipinski definition) is 2. The second-order valence-corrected chi connectivity index (χ2v) is 5.59. The summed E-state index contributed by atoms with van der Waals surface area (Å²) in [6, 6.07) is 16.1. The van der Waals surface area contributed by atoms with Crippen molar-refractivity contribution in [1.29, 1.82) is 0 Å². The van der Waals surface area contributed by atoms with Crippen molar-refractivity contribution in [3.8, 4) is 0 Å². The molecule has 3 nitrogen and oxygen atoms in total. The number of carbonyl (C=O) groups excluding carboxylic acids is 2. The number of primary amides is 1. The van der Waals surface area contributed by atoms with Gasteiger partial charge in [-0.2, -0.15) is 0 Å². The lowest BCUT2D eigenvalue weighted by atomic mass is 9.86. The first-order chi connectivity index (χ1) is 10.6. The van der Waals surface area contributed by atoms with Crippen LogP contribution in [-0.4, -0.2) is 11.7 Å². The van der Waals surface area contributed by atoms with Gasteiger partial charge in [0.1, 0.15) is 5.92 Å². The lowest BCUT2D eigenvalue weighted by Gasteiger charge is -2.16. The number of benzene rings is 3. The molecule has 0 radical (unpaired) electrons. The van der Waals surface area contributed by atoms with Crippen LogP contribution in [0.1, 0.15) is 15.9 Å². The third kappa shape index (κ3) is 1.83. The third-order valence-electron chi connectivity index (χ3n) is 4.20. The maximum absolute atomic E-state index is 12.4. The van der Waals surface area contributed by atoms with E-state index < -0.39 is 11.8 Å². The molecule has 22 heavy (non-hydrogen) atoms. The van der Waals surface area contributed by atoms with Crippen LogP contribution in [0.2, 0.25) is 0 Å². The van der Waals surface area contributed by atoms with Crippen LogP contribution in [0.3, 0.4) is 0 Å². The summed E-state index contributed by atoms with van der Waals surface area (Å²) < 4.78 is 0. The Morgan fingerprint density at radius 1 is 0.909 bits per heavy atom. The van der Waals surface area contributed by atoms with Crippen LogP contribution in [0, 0.1) is 5.92 Å². The first-order valence-electron chi connectivity index (χ1n) is 7.12. The lowest BCUT2D eigenvalue weighted by molar-refractivity contribution is -0.119. The van der Waals surface area contributed by atoms with Gasteiger partial charge in [-0.1, -0.05) is 36.4 Å². The number of hydrogen-bond donors (Lipinski definition) is 1. The molecule has 4 rings (SSSR count). The Hall–Kier alpha value is -2.94. The molecule has 1 amide bonds. The first-order valence-corrected chi connectivity index (χ1v) is 7.12. The van der Waals surface area contributed by atoms with Gasteiger partial charge in [0.2, 0.25) is 5.91 Å². The van der Waals surface area contributed by atoms with Gasteiger partial charge in [-0.15, -0.1) is 0 Å². The number of ketones is 1. The van der Waals surface area contributed by atoms with E-state index in [-0.39, 0.29) is 5.78 Å². The van der Waals surface area contributed by atoms with Gasteiger partial charge in [-0.3, -0.25) is 9.59 Å². The minimum Gasteiger partial charge on any atom is -0.369 e. The van der Waals surface area contributed by atoms with Crippen molar-refractivity contribution in [3.05, 3.63) is 65.7 Å². The number of Topliss-reactive ketones (excluding diaryl/α,β-unsaturated/α-hetero) is 1. The molecule has 2 N–H and O–H groups in total. The molecule has 3 aromatic carbocycles. The molecule has 0 bridgehead atoms. The maximum atomic E-state index is 12.4. The van der Waals surface area contributed by atoms with Gasteiger partial charge >= 0.3 is 0 Å². The van der Waals surface area contributed by atoms with Crippen molar-refractivity contribution in [2.45, 2.75) is 0 Å². The number of fused-ring (bicyclic) bond motifs is 3. The molecule has 1 atom stereocenters. The standard InChI is InChI=1S/C19H13NO2/c20-19(22)16-6-5-13-9-14-7-11-3-1-2-4-12(11)8-15(14)10-17(13)18(16)21/h1-10,16H,(H2,20,22). The molecule has 0 saturated carbocycles. The molecular weight excluding hydrogens is 274 g/mol. The predicted molar refractivity (Wildman–Crippen MR) is 87.5 cm³/mol. The quantitative estimate of drug-likeness (QED) is 0.551. The van der Waals surface area contributed by atoms with Crippen molar-refractivity contribution in [2.24, 2.45) is 11.7 Å². The molecule has 1 unspecified atom stereocenters. The summed E-state index contributed by atoms with van der Waals surface area (Å²) in [5.41, 5.74) is 6.69. The highest BCUT2D eigenvalue weighted by atomic mass is 16.2. The highest BCUT2D eigenvalue weighted by Gasteiger charge is 2.27. The zero-order chi connectivity index (χ0) is 15.3. The van der Waals surface area contributed by atoms with Gasteiger partial charge in [0.25, 0.3) is 0 Å². The predicted octanol–water partition coefficient (Wildman–Crippen LogP) is 3.30. The second kappa shape index (κ2) is 4.53. The van der Waals surface area contributed by atoms with E-state index >= 15 is 0 Å². The van der Waals surface area contributed by atoms with Crippen molar-refractivity contribution >= 4 is 39.3 Å². The lowest BCUT2D eigenvalue weighted by Crippen LogP contribution is -2.30. The maximum Gasteiger partial charge on any atom is 0.232 e. The molecule has 1 aliphatic carbocycles. The van der Waals surface area contributed by atoms with E-state index in [9.17, 15) is 9.59 Å². The van der Waals surface area contributed by atoms with Gasteiger partial charge in [0, 0.05) is 5.56 Å². The summed E-state index contributed by atoms with van der Waals surface area (Å²) in [5.74, 6) is -1.68. The van der Waals surface area contributed by atoms with Crippen LogP contribution in [0.25, 0.3) is 27.6 Å². The Balaban J connectivity index is 1.98. The van der Waals surface area contributed by atoms with E-state index in [1.54, 1.807) is 12.2 Å². The van der Waals surface area contributed by atoms with Gasteiger partial charge in [0.15, 0.2) is 5.78 Å². The molecule has 0 heterocycles. The van der Waals surface area contributed by atoms with Gasteiger partial charge in [-0.05, 0) is 51.4 Å². The smallest absolute Gasteiger partial charge is 0.232 e. The average Bonchev–Trinajstić information content (AvgIpc) is 2.51. The van der Waals surface area contributed by atoms with Gasteiger partial charge < -0.3 is 5.73 Å². The van der Waals surface area contributed by atoms with E-state index in [2.05, 4.69) is 18.2 Å². The summed E-state index contributed by atoms with van der Waals surface area (Å²) in [6.45, 7) is 0. The first kappa shape index (κ1) is 12.8. The molecule has 3 heteroatoms. The zero-order valence-electron chi connectivity index (χ0n) is 11.7. The fraction of sp³-hybridized carbons (Fsp3) is 0.0526. The van der Waals surface area contributed by atoms with Gasteiger partial charge in [-0.25, -0.2) is 0 Å². The van der Waals surface area contributed by atoms with Crippen LogP contribution in [0.4, 0.5) is 0 Å². The minimum atomic E-state index is -0.856. The van der Waals surface area contributed by atoms with Crippen LogP contribution in [-0.2, 0) is 4.79 Å². The van der Waals surface area contributed by atoms with Crippen molar-refractivity contribution < 1.29 is 9.59 Å². The van der Waals surface area contributed by atoms with E-state index in [0.717, 1.165) is 27.1 Å². The molecule has 1 aliphatic rings. The van der Waals surface area contributed by atoms with E-state index in [1.807, 2.05) is 30.3 Å². The highest BCUT2D eigenvalue weighted by molar-refractivity contribution is 6.16. The SMILES string of the molecule is NC(=O)C1C=Cc2cc3cc4ccccc4cc3cc2C1=O. The van der Waals surface area contributed by atoms with Crippen LogP contribution in [0.15, 0.2) is 54.6 Å². The van der Waals surface area contributed by atoms with Crippen molar-refractivity contribution in [1.82, 2.24) is 0 Å². The topological polar surface area (TPSA) is 60.2 Å².